The lowest BCUT2D eigenvalue weighted by Crippen LogP contribution is -2.47. The average Bonchev–Trinajstić information content (AvgIpc) is 3.99. The Labute approximate surface area is 392 Å². The monoisotopic (exact) mass is 928 g/mol. The van der Waals surface area contributed by atoms with Gasteiger partial charge in [0.25, 0.3) is 5.56 Å². The number of hydrogen-bond acceptors (Lipinski definition) is 11. The minimum atomic E-state index is -1.06. The molecule has 0 saturated heterocycles. The predicted octanol–water partition coefficient (Wildman–Crippen LogP) is 4.06. The van der Waals surface area contributed by atoms with Gasteiger partial charge >= 0.3 is 5.97 Å². The highest BCUT2D eigenvalue weighted by molar-refractivity contribution is 5.95. The second-order valence-corrected chi connectivity index (χ2v) is 19.2. The molecule has 1 aromatic carbocycles. The van der Waals surface area contributed by atoms with Crippen LogP contribution < -0.4 is 32.1 Å². The minimum Gasteiger partial charge on any atom is -0.480 e. The van der Waals surface area contributed by atoms with Crippen LogP contribution in [-0.2, 0) is 57.8 Å². The lowest BCUT2D eigenvalue weighted by atomic mass is 9.77. The van der Waals surface area contributed by atoms with Gasteiger partial charge in [-0.2, -0.15) is 0 Å². The number of benzene rings is 1. The quantitative estimate of drug-likeness (QED) is 0.0408. The van der Waals surface area contributed by atoms with Gasteiger partial charge in [0, 0.05) is 67.9 Å². The molecule has 3 heterocycles. The van der Waals surface area contributed by atoms with Crippen LogP contribution in [0.3, 0.4) is 0 Å². The lowest BCUT2D eigenvalue weighted by Gasteiger charge is -2.32. The van der Waals surface area contributed by atoms with Crippen molar-refractivity contribution < 1.29 is 43.3 Å². The van der Waals surface area contributed by atoms with E-state index in [1.807, 2.05) is 13.0 Å². The van der Waals surface area contributed by atoms with E-state index in [9.17, 15) is 33.6 Å². The Bertz CT molecular complexity index is 2440. The molecule has 1 saturated carbocycles. The molecule has 17 heteroatoms. The van der Waals surface area contributed by atoms with E-state index in [0.29, 0.717) is 54.1 Å². The molecular formula is C50H69N7O10. The molecule has 17 nitrogen and oxygen atoms in total. The van der Waals surface area contributed by atoms with Crippen LogP contribution in [0.25, 0.3) is 22.3 Å². The van der Waals surface area contributed by atoms with Gasteiger partial charge in [-0.25, -0.2) is 4.98 Å². The maximum absolute atomic E-state index is 14.3. The van der Waals surface area contributed by atoms with Crippen molar-refractivity contribution in [2.75, 3.05) is 46.5 Å². The highest BCUT2D eigenvalue weighted by atomic mass is 16.5. The number of pyridine rings is 2. The first-order chi connectivity index (χ1) is 31.9. The third kappa shape index (κ3) is 11.4. The molecular weight excluding hydrogens is 859 g/mol. The molecule has 67 heavy (non-hydrogen) atoms. The molecule has 4 unspecified atom stereocenters. The van der Waals surface area contributed by atoms with Crippen LogP contribution in [0.4, 0.5) is 0 Å². The van der Waals surface area contributed by atoms with Crippen LogP contribution >= 0.6 is 0 Å². The number of aryl methyl sites for hydroxylation is 1. The van der Waals surface area contributed by atoms with E-state index in [-0.39, 0.29) is 107 Å². The second-order valence-electron chi connectivity index (χ2n) is 19.2. The summed E-state index contributed by atoms with van der Waals surface area (Å²) < 4.78 is 13.2. The van der Waals surface area contributed by atoms with Gasteiger partial charge in [0.1, 0.15) is 6.29 Å². The molecule has 3 aromatic rings. The summed E-state index contributed by atoms with van der Waals surface area (Å²) in [4.78, 5) is 94.5. The zero-order chi connectivity index (χ0) is 48.7. The third-order valence-electron chi connectivity index (χ3n) is 13.9. The first-order valence-electron chi connectivity index (χ1n) is 23.8. The van der Waals surface area contributed by atoms with Crippen molar-refractivity contribution in [1.82, 2.24) is 36.1 Å². The van der Waals surface area contributed by atoms with Crippen molar-refractivity contribution in [3.8, 4) is 11.4 Å². The van der Waals surface area contributed by atoms with Crippen molar-refractivity contribution >= 4 is 46.8 Å². The smallest absolute Gasteiger partial charge is 0.317 e. The number of methoxy groups -OCH3 is 1. The number of carbonyl (C=O) groups excluding carboxylic acids is 5. The summed E-state index contributed by atoms with van der Waals surface area (Å²) in [7, 11) is 1.54. The molecule has 3 aliphatic rings. The molecule has 2 aliphatic carbocycles. The molecule has 0 spiro atoms. The van der Waals surface area contributed by atoms with E-state index in [0.717, 1.165) is 34.7 Å². The normalized spacial score (nSPS) is 16.8. The molecule has 6 rings (SSSR count). The molecule has 6 N–H and O–H groups in total. The SMILES string of the molecule is CCC(C=O)c1cc2n(c(=O)c1COC)Cc1c-2nc2cc(C(C)C(C)C)c(C)c3c2c1C(NC(=O)C1(COCCNC(=O)CCNC(=O)CC(CNCC(=O)O)NC(=O)C(C)C)CC1)CC3. The first-order valence-corrected chi connectivity index (χ1v) is 23.8. The fraction of sp³-hybridized carbons (Fsp3) is 0.600. The number of carboxylic acids is 1. The fourth-order valence-corrected chi connectivity index (χ4v) is 9.43. The lowest BCUT2D eigenvalue weighted by molar-refractivity contribution is -0.136. The molecule has 1 fully saturated rings. The summed E-state index contributed by atoms with van der Waals surface area (Å²) >= 11 is 0. The number of rotatable bonds is 25. The maximum Gasteiger partial charge on any atom is 0.317 e. The Hall–Kier alpha value is -5.52. The van der Waals surface area contributed by atoms with Gasteiger partial charge in [0.15, 0.2) is 0 Å². The van der Waals surface area contributed by atoms with Crippen LogP contribution in [-0.4, -0.2) is 103 Å². The predicted molar refractivity (Wildman–Crippen MR) is 253 cm³/mol. The van der Waals surface area contributed by atoms with Crippen LogP contribution in [0.15, 0.2) is 16.9 Å². The topological polar surface area (TPSA) is 236 Å². The maximum atomic E-state index is 14.3. The van der Waals surface area contributed by atoms with Gasteiger partial charge in [0.2, 0.25) is 23.6 Å². The zero-order valence-electron chi connectivity index (χ0n) is 40.3. The van der Waals surface area contributed by atoms with Crippen LogP contribution in [0.2, 0.25) is 0 Å². The van der Waals surface area contributed by atoms with Gasteiger partial charge in [-0.15, -0.1) is 0 Å². The van der Waals surface area contributed by atoms with E-state index in [4.69, 9.17) is 19.6 Å². The van der Waals surface area contributed by atoms with E-state index >= 15 is 0 Å². The van der Waals surface area contributed by atoms with E-state index in [1.54, 1.807) is 18.4 Å². The third-order valence-corrected chi connectivity index (χ3v) is 13.9. The standard InChI is InChI=1S/C50H69N7O10/c1-9-31(24-58)35-20-40-46-36(23-57(40)48(64)37(35)25-66-8)45-38(11-10-33-30(7)34(29(6)27(2)3)19-39(55-46)44(33)45)56-49(65)50(13-14-50)26-67-17-16-53-41(59)12-15-52-42(60)18-32(21-51-22-43(61)62)54-47(63)28(4)5/h19-20,24,27-29,31-32,38,51H,9-18,21-23,25-26H2,1-8H3,(H,52,60)(H,53,59)(H,54,63)(H,56,65)(H,61,62). The molecule has 4 atom stereocenters. The summed E-state index contributed by atoms with van der Waals surface area (Å²) in [5.41, 5.74) is 7.99. The number of ether oxygens (including phenoxy) is 2. The Morgan fingerprint density at radius 3 is 2.39 bits per heavy atom. The van der Waals surface area contributed by atoms with Crippen molar-refractivity contribution in [2.24, 2.45) is 17.3 Å². The summed E-state index contributed by atoms with van der Waals surface area (Å²) in [5.74, 6) is -2.22. The van der Waals surface area contributed by atoms with Crippen molar-refractivity contribution in [3.05, 3.63) is 61.4 Å². The number of nitrogens with one attached hydrogen (secondary N) is 5. The number of carboxylic acid groups (broad SMARTS) is 1. The summed E-state index contributed by atoms with van der Waals surface area (Å²) in [6.07, 6.45) is 4.09. The summed E-state index contributed by atoms with van der Waals surface area (Å²) in [5, 5.41) is 24.3. The van der Waals surface area contributed by atoms with Gasteiger partial charge in [-0.05, 0) is 90.8 Å². The zero-order valence-corrected chi connectivity index (χ0v) is 40.3. The number of fused-ring (bicyclic) bond motifs is 4. The van der Waals surface area contributed by atoms with Gasteiger partial charge in [0.05, 0.1) is 67.3 Å². The number of aliphatic carboxylic acids is 1. The largest absolute Gasteiger partial charge is 0.480 e. The summed E-state index contributed by atoms with van der Waals surface area (Å²) in [6.45, 7) is 15.0. The molecule has 364 valence electrons. The number of carbonyl (C=O) groups is 6. The molecule has 0 radical (unpaired) electrons. The van der Waals surface area contributed by atoms with Gasteiger partial charge in [-0.1, -0.05) is 41.5 Å². The first kappa shape index (κ1) is 50.9. The van der Waals surface area contributed by atoms with E-state index in [2.05, 4.69) is 60.3 Å². The number of aromatic nitrogens is 2. The van der Waals surface area contributed by atoms with Crippen molar-refractivity contribution in [3.63, 3.8) is 0 Å². The van der Waals surface area contributed by atoms with Crippen LogP contribution in [0.1, 0.15) is 137 Å². The highest BCUT2D eigenvalue weighted by Crippen LogP contribution is 2.49. The van der Waals surface area contributed by atoms with E-state index < -0.39 is 29.3 Å². The van der Waals surface area contributed by atoms with Crippen LogP contribution in [0.5, 0.6) is 0 Å². The fourth-order valence-electron chi connectivity index (χ4n) is 9.43. The Morgan fingerprint density at radius 1 is 1.01 bits per heavy atom. The van der Waals surface area contributed by atoms with E-state index in [1.165, 1.54) is 23.8 Å². The molecule has 0 bridgehead atoms. The number of nitrogens with zero attached hydrogens (tertiary/aromatic N) is 2. The Morgan fingerprint density at radius 2 is 1.75 bits per heavy atom. The highest BCUT2D eigenvalue weighted by Gasteiger charge is 2.51. The van der Waals surface area contributed by atoms with Gasteiger partial charge in [-0.3, -0.25) is 28.8 Å². The minimum absolute atomic E-state index is 0.0135. The average molecular weight is 928 g/mol. The summed E-state index contributed by atoms with van der Waals surface area (Å²) in [6, 6.07) is 3.17. The van der Waals surface area contributed by atoms with Gasteiger partial charge < -0.3 is 50.5 Å². The number of amides is 4. The second kappa shape index (κ2) is 22.1. The molecule has 4 amide bonds. The number of aldehydes is 1. The Kier molecular flexibility index (Phi) is 16.8. The molecule has 2 aromatic heterocycles. The van der Waals surface area contributed by atoms with Crippen molar-refractivity contribution in [2.45, 2.75) is 130 Å². The van der Waals surface area contributed by atoms with Crippen LogP contribution in [0, 0.1) is 24.2 Å². The Balaban J connectivity index is 1.11. The van der Waals surface area contributed by atoms with Crippen molar-refractivity contribution in [1.29, 1.82) is 0 Å². The molecule has 1 aliphatic heterocycles. The number of hydrogen-bond donors (Lipinski definition) is 6.